The smallest absolute Gasteiger partial charge is 0.252 e. The molecule has 7 nitrogen and oxygen atoms in total. The number of amides is 1. The van der Waals surface area contributed by atoms with Gasteiger partial charge in [-0.25, -0.2) is 0 Å². The van der Waals surface area contributed by atoms with E-state index < -0.39 is 0 Å². The Hall–Kier alpha value is -2.57. The van der Waals surface area contributed by atoms with Gasteiger partial charge in [0.05, 0.1) is 6.04 Å². The van der Waals surface area contributed by atoms with Crippen LogP contribution in [0.4, 0.5) is 0 Å². The summed E-state index contributed by atoms with van der Waals surface area (Å²) in [6.07, 6.45) is 6.54. The third kappa shape index (κ3) is 2.70. The number of nitrogens with zero attached hydrogens (tertiary/aromatic N) is 3. The molecule has 0 saturated heterocycles. The zero-order valence-corrected chi connectivity index (χ0v) is 13.6. The number of hydrogen-bond acceptors (Lipinski definition) is 5. The SMILES string of the molecule is C[C@@H](NC(=O)c1ccc2c(c1)OCO2)c1nncn1C1CCCC1. The lowest BCUT2D eigenvalue weighted by Gasteiger charge is -2.18. The normalized spacial score (nSPS) is 17.9. The fourth-order valence-corrected chi connectivity index (χ4v) is 3.41. The maximum absolute atomic E-state index is 12.5. The predicted octanol–water partition coefficient (Wildman–Crippen LogP) is 2.61. The molecule has 1 aromatic carbocycles. The van der Waals surface area contributed by atoms with E-state index >= 15 is 0 Å². The molecule has 2 aliphatic rings. The average Bonchev–Trinajstić information content (AvgIpc) is 3.32. The molecule has 4 rings (SSSR count). The van der Waals surface area contributed by atoms with Crippen molar-refractivity contribution in [1.29, 1.82) is 0 Å². The molecule has 1 aliphatic heterocycles. The van der Waals surface area contributed by atoms with Crippen LogP contribution in [0.2, 0.25) is 0 Å². The highest BCUT2D eigenvalue weighted by Crippen LogP contribution is 2.33. The standard InChI is InChI=1S/C17H20N4O3/c1-11(16-20-18-9-21(16)13-4-2-3-5-13)19-17(22)12-6-7-14-15(8-12)24-10-23-14/h6-9,11,13H,2-5,10H2,1H3,(H,19,22)/t11-/m1/s1. The van der Waals surface area contributed by atoms with E-state index in [2.05, 4.69) is 20.1 Å². The van der Waals surface area contributed by atoms with E-state index in [4.69, 9.17) is 9.47 Å². The van der Waals surface area contributed by atoms with Crippen LogP contribution in [0.1, 0.15) is 60.9 Å². The molecule has 1 aromatic heterocycles. The van der Waals surface area contributed by atoms with E-state index in [1.54, 1.807) is 24.5 Å². The third-order valence-electron chi connectivity index (χ3n) is 4.69. The molecular formula is C17H20N4O3. The van der Waals surface area contributed by atoms with E-state index in [1.165, 1.54) is 12.8 Å². The van der Waals surface area contributed by atoms with Gasteiger partial charge in [0, 0.05) is 11.6 Å². The second-order valence-electron chi connectivity index (χ2n) is 6.30. The Morgan fingerprint density at radius 1 is 1.29 bits per heavy atom. The number of hydrogen-bond donors (Lipinski definition) is 1. The van der Waals surface area contributed by atoms with Crippen molar-refractivity contribution < 1.29 is 14.3 Å². The molecule has 1 saturated carbocycles. The molecule has 24 heavy (non-hydrogen) atoms. The molecule has 126 valence electrons. The van der Waals surface area contributed by atoms with E-state index in [0.717, 1.165) is 18.7 Å². The Labute approximate surface area is 140 Å². The zero-order valence-electron chi connectivity index (χ0n) is 13.6. The first-order valence-electron chi connectivity index (χ1n) is 8.32. The van der Waals surface area contributed by atoms with Gasteiger partial charge in [-0.15, -0.1) is 10.2 Å². The van der Waals surface area contributed by atoms with Gasteiger partial charge in [-0.05, 0) is 38.0 Å². The molecule has 1 aliphatic carbocycles. The van der Waals surface area contributed by atoms with Crippen LogP contribution in [0.3, 0.4) is 0 Å². The highest BCUT2D eigenvalue weighted by molar-refractivity contribution is 5.95. The molecule has 2 aromatic rings. The van der Waals surface area contributed by atoms with E-state index in [0.29, 0.717) is 23.1 Å². The van der Waals surface area contributed by atoms with Crippen LogP contribution in [0.5, 0.6) is 11.5 Å². The maximum atomic E-state index is 12.5. The maximum Gasteiger partial charge on any atom is 0.252 e. The number of nitrogens with one attached hydrogen (secondary N) is 1. The van der Waals surface area contributed by atoms with Gasteiger partial charge in [0.25, 0.3) is 5.91 Å². The van der Waals surface area contributed by atoms with Crippen LogP contribution >= 0.6 is 0 Å². The lowest BCUT2D eigenvalue weighted by atomic mass is 10.1. The van der Waals surface area contributed by atoms with Crippen LogP contribution in [0.25, 0.3) is 0 Å². The van der Waals surface area contributed by atoms with Crippen molar-refractivity contribution in [2.45, 2.75) is 44.7 Å². The van der Waals surface area contributed by atoms with Crippen molar-refractivity contribution in [2.24, 2.45) is 0 Å². The minimum absolute atomic E-state index is 0.165. The van der Waals surface area contributed by atoms with E-state index in [1.807, 2.05) is 6.92 Å². The number of fused-ring (bicyclic) bond motifs is 1. The first-order valence-corrected chi connectivity index (χ1v) is 8.32. The Morgan fingerprint density at radius 3 is 2.92 bits per heavy atom. The first-order chi connectivity index (χ1) is 11.7. The van der Waals surface area contributed by atoms with Crippen molar-refractivity contribution in [2.75, 3.05) is 6.79 Å². The fourth-order valence-electron chi connectivity index (χ4n) is 3.41. The lowest BCUT2D eigenvalue weighted by Crippen LogP contribution is -2.29. The Morgan fingerprint density at radius 2 is 2.08 bits per heavy atom. The molecule has 1 fully saturated rings. The topological polar surface area (TPSA) is 78.3 Å². The van der Waals surface area contributed by atoms with Crippen molar-refractivity contribution in [3.05, 3.63) is 35.9 Å². The van der Waals surface area contributed by atoms with Crippen molar-refractivity contribution in [1.82, 2.24) is 20.1 Å². The van der Waals surface area contributed by atoms with Gasteiger partial charge in [0.1, 0.15) is 6.33 Å². The summed E-state index contributed by atoms with van der Waals surface area (Å²) in [5.41, 5.74) is 0.540. The second-order valence-corrected chi connectivity index (χ2v) is 6.30. The van der Waals surface area contributed by atoms with Crippen molar-refractivity contribution >= 4 is 5.91 Å². The van der Waals surface area contributed by atoms with E-state index in [9.17, 15) is 4.79 Å². The van der Waals surface area contributed by atoms with Gasteiger partial charge in [-0.2, -0.15) is 0 Å². The van der Waals surface area contributed by atoms with Gasteiger partial charge >= 0.3 is 0 Å². The quantitative estimate of drug-likeness (QED) is 0.933. The van der Waals surface area contributed by atoms with Crippen LogP contribution in [0.15, 0.2) is 24.5 Å². The molecule has 1 amide bonds. The fraction of sp³-hybridized carbons (Fsp3) is 0.471. The number of rotatable bonds is 4. The molecule has 0 radical (unpaired) electrons. The molecule has 0 bridgehead atoms. The van der Waals surface area contributed by atoms with Crippen molar-refractivity contribution in [3.8, 4) is 11.5 Å². The zero-order chi connectivity index (χ0) is 16.5. The summed E-state index contributed by atoms with van der Waals surface area (Å²) in [6.45, 7) is 2.13. The molecule has 1 N–H and O–H groups in total. The minimum Gasteiger partial charge on any atom is -0.454 e. The van der Waals surface area contributed by atoms with Gasteiger partial charge in [-0.3, -0.25) is 4.79 Å². The molecule has 0 spiro atoms. The molecule has 7 heteroatoms. The number of ether oxygens (including phenoxy) is 2. The van der Waals surface area contributed by atoms with Crippen LogP contribution in [0, 0.1) is 0 Å². The van der Waals surface area contributed by atoms with Gasteiger partial charge in [0.15, 0.2) is 17.3 Å². The summed E-state index contributed by atoms with van der Waals surface area (Å²) in [5.74, 6) is 1.91. The molecule has 1 atom stereocenters. The average molecular weight is 328 g/mol. The summed E-state index contributed by atoms with van der Waals surface area (Å²) in [5, 5.41) is 11.3. The summed E-state index contributed by atoms with van der Waals surface area (Å²) in [7, 11) is 0. The summed E-state index contributed by atoms with van der Waals surface area (Å²) < 4.78 is 12.7. The molecule has 2 heterocycles. The van der Waals surface area contributed by atoms with Gasteiger partial charge in [-0.1, -0.05) is 12.8 Å². The largest absolute Gasteiger partial charge is 0.454 e. The number of benzene rings is 1. The van der Waals surface area contributed by atoms with Crippen LogP contribution in [-0.2, 0) is 0 Å². The predicted molar refractivity (Wildman–Crippen MR) is 86.0 cm³/mol. The monoisotopic (exact) mass is 328 g/mol. The summed E-state index contributed by atoms with van der Waals surface area (Å²) >= 11 is 0. The van der Waals surface area contributed by atoms with Crippen molar-refractivity contribution in [3.63, 3.8) is 0 Å². The van der Waals surface area contributed by atoms with Gasteiger partial charge < -0.3 is 19.4 Å². The Kier molecular flexibility index (Phi) is 3.84. The van der Waals surface area contributed by atoms with Crippen LogP contribution in [-0.4, -0.2) is 27.5 Å². The first kappa shape index (κ1) is 15.0. The highest BCUT2D eigenvalue weighted by Gasteiger charge is 2.24. The minimum atomic E-state index is -0.217. The van der Waals surface area contributed by atoms with E-state index in [-0.39, 0.29) is 18.7 Å². The lowest BCUT2D eigenvalue weighted by molar-refractivity contribution is 0.0936. The molecular weight excluding hydrogens is 308 g/mol. The van der Waals surface area contributed by atoms with Crippen LogP contribution < -0.4 is 14.8 Å². The third-order valence-corrected chi connectivity index (χ3v) is 4.69. The Balaban J connectivity index is 1.49. The summed E-state index contributed by atoms with van der Waals surface area (Å²) in [6, 6.07) is 5.41. The number of carbonyl (C=O) groups excluding carboxylic acids is 1. The number of carbonyl (C=O) groups is 1. The summed E-state index contributed by atoms with van der Waals surface area (Å²) in [4.78, 5) is 12.5. The van der Waals surface area contributed by atoms with Gasteiger partial charge in [0.2, 0.25) is 6.79 Å². The molecule has 0 unspecified atom stereocenters. The Bertz CT molecular complexity index is 752. The number of aromatic nitrogens is 3. The highest BCUT2D eigenvalue weighted by atomic mass is 16.7. The second kappa shape index (κ2) is 6.14.